The second-order valence-electron chi connectivity index (χ2n) is 22.8. The van der Waals surface area contributed by atoms with Crippen molar-refractivity contribution >= 4 is 87.2 Å². The number of benzene rings is 11. The molecule has 0 aliphatic rings. The quantitative estimate of drug-likeness (QED) is 0.143. The molecule has 0 atom stereocenters. The normalized spacial score (nSPS) is 11.8. The van der Waals surface area contributed by atoms with Gasteiger partial charge in [-0.1, -0.05) is 194 Å². The molecular weight excluding hydrogens is 1100 g/mol. The van der Waals surface area contributed by atoms with E-state index in [-0.39, 0.29) is 0 Å². The fraction of sp³-hybridized carbons (Fsp3) is 0. The first-order chi connectivity index (χ1) is 44.7. The Kier molecular flexibility index (Phi) is 11.5. The van der Waals surface area contributed by atoms with Crippen LogP contribution in [-0.4, -0.2) is 38.2 Å². The van der Waals surface area contributed by atoms with Gasteiger partial charge < -0.3 is 18.3 Å². The summed E-state index contributed by atoms with van der Waals surface area (Å²) in [6, 6.07) is 99.0. The van der Waals surface area contributed by atoms with Crippen molar-refractivity contribution in [2.24, 2.45) is 0 Å². The number of nitrogens with zero attached hydrogens (tertiary/aromatic N) is 9. The highest BCUT2D eigenvalue weighted by atomic mass is 15.1. The zero-order chi connectivity index (χ0) is 59.4. The lowest BCUT2D eigenvalue weighted by Gasteiger charge is -2.28. The van der Waals surface area contributed by atoms with Crippen LogP contribution < -0.4 is 0 Å². The van der Waals surface area contributed by atoms with E-state index in [1.165, 1.54) is 21.5 Å². The third-order valence-electron chi connectivity index (χ3n) is 18.0. The van der Waals surface area contributed by atoms with Crippen LogP contribution >= 0.6 is 0 Å². The second kappa shape index (κ2) is 20.3. The SMILES string of the molecule is N#Cc1c(-c2cc(-c3ccccc3)nc(-c3ccccc3)n2)c(-c2ccc(-n3c4ccccc4c4ccccc43)cc2)c(-n2c3ccccc3c3cnccc32)c(-n2c3ccccc3c3cnccc32)c1-c1ccc(-n2c3ccccc3c3ccccc32)cc1. The first-order valence-corrected chi connectivity index (χ1v) is 30.2. The molecule has 0 aliphatic carbocycles. The third kappa shape index (κ3) is 7.68. The zero-order valence-corrected chi connectivity index (χ0v) is 48.3. The van der Waals surface area contributed by atoms with Crippen molar-refractivity contribution in [1.82, 2.24) is 38.2 Å². The summed E-state index contributed by atoms with van der Waals surface area (Å²) in [5.41, 5.74) is 19.3. The maximum atomic E-state index is 12.9. The summed E-state index contributed by atoms with van der Waals surface area (Å²) in [6.45, 7) is 0. The van der Waals surface area contributed by atoms with Crippen LogP contribution in [0.3, 0.4) is 0 Å². The monoisotopic (exact) mass is 1150 g/mol. The summed E-state index contributed by atoms with van der Waals surface area (Å²) in [5, 5.41) is 21.6. The Morgan fingerprint density at radius 3 is 1.06 bits per heavy atom. The summed E-state index contributed by atoms with van der Waals surface area (Å²) in [5.74, 6) is 0.532. The molecule has 7 heterocycles. The predicted octanol–water partition coefficient (Wildman–Crippen LogP) is 19.9. The smallest absolute Gasteiger partial charge is 0.160 e. The number of para-hydroxylation sites is 6. The Labute approximate surface area is 516 Å². The first-order valence-electron chi connectivity index (χ1n) is 30.2. The number of hydrogen-bond acceptors (Lipinski definition) is 5. The molecule has 0 aliphatic heterocycles. The van der Waals surface area contributed by atoms with Crippen molar-refractivity contribution < 1.29 is 0 Å². The molecule has 0 spiro atoms. The van der Waals surface area contributed by atoms with Crippen LogP contribution in [0.5, 0.6) is 0 Å². The maximum absolute atomic E-state index is 12.9. The summed E-state index contributed by atoms with van der Waals surface area (Å²) < 4.78 is 9.48. The third-order valence-corrected chi connectivity index (χ3v) is 18.0. The van der Waals surface area contributed by atoms with Crippen LogP contribution in [0.4, 0.5) is 0 Å². The van der Waals surface area contributed by atoms with Crippen LogP contribution in [0, 0.1) is 11.3 Å². The molecule has 18 rings (SSSR count). The van der Waals surface area contributed by atoms with Crippen molar-refractivity contribution in [3.63, 3.8) is 0 Å². The van der Waals surface area contributed by atoms with E-state index in [9.17, 15) is 5.26 Å². The van der Waals surface area contributed by atoms with Crippen molar-refractivity contribution in [2.75, 3.05) is 0 Å². The fourth-order valence-electron chi connectivity index (χ4n) is 14.2. The van der Waals surface area contributed by atoms with Gasteiger partial charge in [0, 0.05) is 107 Å². The molecule has 0 saturated carbocycles. The molecule has 0 N–H and O–H groups in total. The van der Waals surface area contributed by atoms with E-state index in [0.717, 1.165) is 128 Å². The highest BCUT2D eigenvalue weighted by molar-refractivity contribution is 6.16. The predicted molar refractivity (Wildman–Crippen MR) is 367 cm³/mol. The highest BCUT2D eigenvalue weighted by Gasteiger charge is 2.34. The highest BCUT2D eigenvalue weighted by Crippen LogP contribution is 2.53. The van der Waals surface area contributed by atoms with Crippen LogP contribution in [0.15, 0.2) is 298 Å². The lowest BCUT2D eigenvalue weighted by Crippen LogP contribution is -2.12. The number of pyridine rings is 2. The number of aromatic nitrogens is 8. The Bertz CT molecular complexity index is 5690. The van der Waals surface area contributed by atoms with Gasteiger partial charge in [-0.2, -0.15) is 5.26 Å². The summed E-state index contributed by atoms with van der Waals surface area (Å²) in [4.78, 5) is 20.6. The zero-order valence-electron chi connectivity index (χ0n) is 48.3. The van der Waals surface area contributed by atoms with Gasteiger partial charge in [-0.15, -0.1) is 0 Å². The average Bonchev–Trinajstić information content (AvgIpc) is 1.35. The molecule has 418 valence electrons. The molecule has 0 bridgehead atoms. The number of fused-ring (bicyclic) bond motifs is 12. The van der Waals surface area contributed by atoms with Crippen molar-refractivity contribution in [2.45, 2.75) is 0 Å². The molecular formula is C81H49N9. The standard InChI is InChI=1S/C81H49N9/c82-48-63-76(52-35-39-55(40-36-52)87-68-29-13-7-23-57(68)58-24-8-14-30-69(58)87)79(89-72-33-17-11-27-61(72)64-49-83-45-43-74(64)89)80(90-73-34-18-12-28-62(73)65-50-84-46-44-75(65)90)77(53-37-41-56(42-38-53)88-70-31-15-9-25-59(70)60-26-10-16-32-71(60)88)78(63)67-47-66(51-19-3-1-4-20-51)85-81(86-67)54-21-5-2-6-22-54/h1-47,49-50H. The lowest BCUT2D eigenvalue weighted by molar-refractivity contribution is 1.09. The second-order valence-corrected chi connectivity index (χ2v) is 22.8. The van der Waals surface area contributed by atoms with E-state index in [1.54, 1.807) is 0 Å². The van der Waals surface area contributed by atoms with Gasteiger partial charge in [0.2, 0.25) is 0 Å². The Hall–Kier alpha value is -12.5. The molecule has 18 aromatic rings. The molecule has 0 unspecified atom stereocenters. The Balaban J connectivity index is 1.05. The molecule has 9 nitrogen and oxygen atoms in total. The number of nitriles is 1. The Morgan fingerprint density at radius 1 is 0.278 bits per heavy atom. The van der Waals surface area contributed by atoms with E-state index in [4.69, 9.17) is 19.9 Å². The first kappa shape index (κ1) is 50.8. The van der Waals surface area contributed by atoms with E-state index >= 15 is 0 Å². The minimum atomic E-state index is 0.444. The van der Waals surface area contributed by atoms with Gasteiger partial charge in [-0.3, -0.25) is 9.97 Å². The number of hydrogen-bond donors (Lipinski definition) is 0. The molecule has 0 fully saturated rings. The molecule has 90 heavy (non-hydrogen) atoms. The summed E-state index contributed by atoms with van der Waals surface area (Å²) >= 11 is 0. The van der Waals surface area contributed by atoms with Crippen LogP contribution in [0.2, 0.25) is 0 Å². The van der Waals surface area contributed by atoms with E-state index in [0.29, 0.717) is 22.6 Å². The van der Waals surface area contributed by atoms with E-state index < -0.39 is 0 Å². The summed E-state index contributed by atoms with van der Waals surface area (Å²) in [7, 11) is 0. The molecule has 11 aromatic carbocycles. The van der Waals surface area contributed by atoms with Crippen molar-refractivity contribution in [3.05, 3.63) is 303 Å². The van der Waals surface area contributed by atoms with Gasteiger partial charge in [0.1, 0.15) is 6.07 Å². The average molecular weight is 1150 g/mol. The molecule has 7 aromatic heterocycles. The van der Waals surface area contributed by atoms with Gasteiger partial charge in [0.25, 0.3) is 0 Å². The van der Waals surface area contributed by atoms with Crippen molar-refractivity contribution in [1.29, 1.82) is 5.26 Å². The van der Waals surface area contributed by atoms with Crippen LogP contribution in [-0.2, 0) is 0 Å². The maximum Gasteiger partial charge on any atom is 0.160 e. The van der Waals surface area contributed by atoms with Gasteiger partial charge in [-0.25, -0.2) is 9.97 Å². The van der Waals surface area contributed by atoms with E-state index in [2.05, 4.69) is 261 Å². The van der Waals surface area contributed by atoms with Gasteiger partial charge >= 0.3 is 0 Å². The van der Waals surface area contributed by atoms with Gasteiger partial charge in [0.05, 0.1) is 72.5 Å². The minimum absolute atomic E-state index is 0.444. The van der Waals surface area contributed by atoms with Crippen LogP contribution in [0.25, 0.3) is 166 Å². The van der Waals surface area contributed by atoms with E-state index in [1.807, 2.05) is 61.2 Å². The van der Waals surface area contributed by atoms with Crippen molar-refractivity contribution in [3.8, 4) is 85.0 Å². The Morgan fingerprint density at radius 2 is 0.622 bits per heavy atom. The van der Waals surface area contributed by atoms with Gasteiger partial charge in [0.15, 0.2) is 5.82 Å². The largest absolute Gasteiger partial charge is 0.309 e. The fourth-order valence-corrected chi connectivity index (χ4v) is 14.2. The van der Waals surface area contributed by atoms with Crippen LogP contribution in [0.1, 0.15) is 5.56 Å². The molecule has 9 heteroatoms. The lowest BCUT2D eigenvalue weighted by atomic mass is 9.84. The molecule has 0 saturated heterocycles. The summed E-state index contributed by atoms with van der Waals surface area (Å²) in [6.07, 6.45) is 7.69. The molecule has 0 amide bonds. The molecule has 0 radical (unpaired) electrons. The minimum Gasteiger partial charge on any atom is -0.309 e. The van der Waals surface area contributed by atoms with Gasteiger partial charge in [-0.05, 0) is 90.0 Å². The number of rotatable bonds is 9. The topological polar surface area (TPSA) is 95.1 Å².